The van der Waals surface area contributed by atoms with Gasteiger partial charge in [0.2, 0.25) is 0 Å². The van der Waals surface area contributed by atoms with Gasteiger partial charge in [0.15, 0.2) is 0 Å². The zero-order chi connectivity index (χ0) is 25.7. The van der Waals surface area contributed by atoms with E-state index in [1.807, 2.05) is 0 Å². The van der Waals surface area contributed by atoms with Crippen LogP contribution in [0.25, 0.3) is 0 Å². The zero-order valence-electron chi connectivity index (χ0n) is 25.0. The van der Waals surface area contributed by atoms with Gasteiger partial charge in [0, 0.05) is 10.8 Å². The molecule has 1 fully saturated rings. The van der Waals surface area contributed by atoms with E-state index in [0.29, 0.717) is 21.7 Å². The van der Waals surface area contributed by atoms with Crippen molar-refractivity contribution in [1.82, 2.24) is 0 Å². The van der Waals surface area contributed by atoms with Crippen molar-refractivity contribution in [2.24, 2.45) is 44.3 Å². The van der Waals surface area contributed by atoms with Gasteiger partial charge in [-0.05, 0) is 81.5 Å². The predicted molar refractivity (Wildman–Crippen MR) is 145 cm³/mol. The molecule has 0 aromatic carbocycles. The minimum Gasteiger partial charge on any atom is -0.0968 e. The first-order valence-corrected chi connectivity index (χ1v) is 12.4. The highest BCUT2D eigenvalue weighted by Gasteiger charge is 2.50. The molecule has 2 atom stereocenters. The van der Waals surface area contributed by atoms with Gasteiger partial charge in [-0.3, -0.25) is 0 Å². The van der Waals surface area contributed by atoms with Crippen molar-refractivity contribution in [3.63, 3.8) is 0 Å². The zero-order valence-corrected chi connectivity index (χ0v) is 25.0. The van der Waals surface area contributed by atoms with Crippen LogP contribution in [0, 0.1) is 56.2 Å². The van der Waals surface area contributed by atoms with Gasteiger partial charge in [0.1, 0.15) is 0 Å². The van der Waals surface area contributed by atoms with E-state index in [4.69, 9.17) is 0 Å². The summed E-state index contributed by atoms with van der Waals surface area (Å²) in [7, 11) is 0. The van der Waals surface area contributed by atoms with E-state index in [1.54, 1.807) is 0 Å². The van der Waals surface area contributed by atoms with Gasteiger partial charge in [-0.1, -0.05) is 107 Å². The predicted octanol–water partition coefficient (Wildman–Crippen LogP) is 10.4. The first-order chi connectivity index (χ1) is 13.1. The topological polar surface area (TPSA) is 0 Å². The highest BCUT2D eigenvalue weighted by Crippen LogP contribution is 2.58. The molecule has 0 heteroatoms. The maximum absolute atomic E-state index is 3.21. The summed E-state index contributed by atoms with van der Waals surface area (Å²) in [5.74, 6) is 8.37. The van der Waals surface area contributed by atoms with Crippen LogP contribution in [-0.2, 0) is 0 Å². The third kappa shape index (κ3) is 22.3. The molecule has 0 heterocycles. The van der Waals surface area contributed by atoms with Gasteiger partial charge in [0.25, 0.3) is 0 Å². The molecule has 1 saturated carbocycles. The molecular formula is C31H60. The third-order valence-electron chi connectivity index (χ3n) is 4.91. The minimum atomic E-state index is 0.146. The van der Waals surface area contributed by atoms with Crippen molar-refractivity contribution >= 4 is 0 Å². The van der Waals surface area contributed by atoms with Gasteiger partial charge in [0.05, 0.1) is 0 Å². The van der Waals surface area contributed by atoms with Crippen LogP contribution in [0.15, 0.2) is 12.2 Å². The Morgan fingerprint density at radius 2 is 0.677 bits per heavy atom. The molecule has 0 bridgehead atoms. The fraction of sp³-hybridized carbons (Fsp3) is 0.871. The van der Waals surface area contributed by atoms with Crippen molar-refractivity contribution in [3.8, 4) is 11.8 Å². The lowest BCUT2D eigenvalue weighted by Crippen LogP contribution is -2.16. The van der Waals surface area contributed by atoms with Gasteiger partial charge in [-0.15, -0.1) is 0 Å². The normalized spacial score (nSPS) is 20.1. The Labute approximate surface area is 199 Å². The molecule has 0 aromatic heterocycles. The molecule has 0 aliphatic heterocycles. The first kappa shape index (κ1) is 32.5. The number of hydrogen-bond acceptors (Lipinski definition) is 0. The Hall–Kier alpha value is -0.700. The lowest BCUT2D eigenvalue weighted by atomic mass is 9.81. The molecule has 1 aliphatic rings. The third-order valence-corrected chi connectivity index (χ3v) is 4.91. The molecule has 0 nitrogen and oxygen atoms in total. The lowest BCUT2D eigenvalue weighted by molar-refractivity contribution is 0.254. The summed E-state index contributed by atoms with van der Waals surface area (Å²) < 4.78 is 0. The fourth-order valence-corrected chi connectivity index (χ4v) is 2.98. The van der Waals surface area contributed by atoms with Gasteiger partial charge in [-0.25, -0.2) is 0 Å². The van der Waals surface area contributed by atoms with Crippen LogP contribution < -0.4 is 0 Å². The molecule has 0 saturated heterocycles. The Balaban J connectivity index is 0. The van der Waals surface area contributed by atoms with Crippen LogP contribution in [-0.4, -0.2) is 0 Å². The van der Waals surface area contributed by atoms with Crippen molar-refractivity contribution in [1.29, 1.82) is 0 Å². The molecule has 2 unspecified atom stereocenters. The summed E-state index contributed by atoms with van der Waals surface area (Å²) in [4.78, 5) is 0. The largest absolute Gasteiger partial charge is 0.0968 e. The lowest BCUT2D eigenvalue weighted by Gasteiger charge is -2.24. The molecule has 0 amide bonds. The standard InChI is InChI=1S/C11H22.C10H20.C10H18/c1-10(2,3)8-7-9(8)11(4,5)6;2*1-9(2,3)7-8-10(4,5)6/h8-9H,7H2,1-6H3;7-8H,1-6H3;1-6H3. The van der Waals surface area contributed by atoms with Crippen molar-refractivity contribution < 1.29 is 0 Å². The monoisotopic (exact) mass is 432 g/mol. The van der Waals surface area contributed by atoms with E-state index in [2.05, 4.69) is 149 Å². The van der Waals surface area contributed by atoms with Gasteiger partial charge in [-0.2, -0.15) is 0 Å². The van der Waals surface area contributed by atoms with E-state index in [0.717, 1.165) is 11.8 Å². The van der Waals surface area contributed by atoms with Crippen LogP contribution in [0.2, 0.25) is 0 Å². The molecule has 1 aliphatic carbocycles. The summed E-state index contributed by atoms with van der Waals surface area (Å²) in [6, 6.07) is 0. The molecule has 0 aromatic rings. The summed E-state index contributed by atoms with van der Waals surface area (Å²) in [6.45, 7) is 40.3. The Morgan fingerprint density at radius 3 is 0.774 bits per heavy atom. The number of rotatable bonds is 0. The van der Waals surface area contributed by atoms with E-state index < -0.39 is 0 Å². The Bertz CT molecular complexity index is 538. The van der Waals surface area contributed by atoms with Gasteiger partial charge < -0.3 is 0 Å². The van der Waals surface area contributed by atoms with Crippen molar-refractivity contribution in [2.45, 2.75) is 131 Å². The summed E-state index contributed by atoms with van der Waals surface area (Å²) in [5.41, 5.74) is 2.02. The van der Waals surface area contributed by atoms with Crippen molar-refractivity contribution in [3.05, 3.63) is 12.2 Å². The second kappa shape index (κ2) is 10.9. The molecule has 31 heavy (non-hydrogen) atoms. The highest BCUT2D eigenvalue weighted by molar-refractivity contribution is 5.12. The van der Waals surface area contributed by atoms with E-state index in [9.17, 15) is 0 Å². The summed E-state index contributed by atoms with van der Waals surface area (Å²) in [6.07, 6.45) is 5.99. The fourth-order valence-electron chi connectivity index (χ4n) is 2.98. The molecule has 184 valence electrons. The quantitative estimate of drug-likeness (QED) is 0.264. The summed E-state index contributed by atoms with van der Waals surface area (Å²) >= 11 is 0. The number of hydrogen-bond donors (Lipinski definition) is 0. The van der Waals surface area contributed by atoms with E-state index in [-0.39, 0.29) is 10.8 Å². The molecule has 1 rings (SSSR count). The number of allylic oxidation sites excluding steroid dienone is 2. The molecular weight excluding hydrogens is 372 g/mol. The van der Waals surface area contributed by atoms with Crippen LogP contribution in [0.4, 0.5) is 0 Å². The van der Waals surface area contributed by atoms with E-state index in [1.165, 1.54) is 6.42 Å². The molecule has 0 spiro atoms. The van der Waals surface area contributed by atoms with Crippen LogP contribution in [0.1, 0.15) is 131 Å². The average molecular weight is 433 g/mol. The minimum absolute atomic E-state index is 0.146. The second-order valence-electron chi connectivity index (χ2n) is 16.0. The maximum Gasteiger partial charge on any atom is 0.0230 e. The van der Waals surface area contributed by atoms with Crippen LogP contribution in [0.5, 0.6) is 0 Å². The van der Waals surface area contributed by atoms with Crippen molar-refractivity contribution in [2.75, 3.05) is 0 Å². The Kier molecular flexibility index (Phi) is 11.5. The van der Waals surface area contributed by atoms with Crippen LogP contribution >= 0.6 is 0 Å². The SMILES string of the molecule is CC(C)(C)C#CC(C)(C)C.CC(C)(C)C1CC1C(C)(C)C.CC(C)(C)C=CC(C)(C)C. The molecule has 0 radical (unpaired) electrons. The summed E-state index contributed by atoms with van der Waals surface area (Å²) in [5, 5.41) is 0. The first-order valence-electron chi connectivity index (χ1n) is 12.4. The van der Waals surface area contributed by atoms with Gasteiger partial charge >= 0.3 is 0 Å². The van der Waals surface area contributed by atoms with E-state index >= 15 is 0 Å². The molecule has 0 N–H and O–H groups in total. The smallest absolute Gasteiger partial charge is 0.0230 e. The average Bonchev–Trinajstić information content (AvgIpc) is 3.22. The van der Waals surface area contributed by atoms with Crippen LogP contribution in [0.3, 0.4) is 0 Å². The maximum atomic E-state index is 3.21. The highest BCUT2D eigenvalue weighted by atomic mass is 14.5. The Morgan fingerprint density at radius 1 is 0.452 bits per heavy atom. The second-order valence-corrected chi connectivity index (χ2v) is 16.0.